The average molecular weight is 136 g/mol. The maximum Gasteiger partial charge on any atom is 0.386 e. The summed E-state index contributed by atoms with van der Waals surface area (Å²) in [7, 11) is 6.97. The van der Waals surface area contributed by atoms with Gasteiger partial charge in [-0.3, -0.25) is 14.8 Å². The summed E-state index contributed by atoms with van der Waals surface area (Å²) in [4.78, 5) is 10.3. The van der Waals surface area contributed by atoms with Gasteiger partial charge in [-0.2, -0.15) is 0 Å². The Morgan fingerprint density at radius 3 is 2.71 bits per heavy atom. The van der Waals surface area contributed by atoms with E-state index in [0.717, 1.165) is 0 Å². The van der Waals surface area contributed by atoms with Crippen LogP contribution in [0.2, 0.25) is 5.28 Å². The van der Waals surface area contributed by atoms with Crippen LogP contribution in [0.1, 0.15) is 0 Å². The van der Waals surface area contributed by atoms with E-state index in [4.69, 9.17) is 10.0 Å². The monoisotopic (exact) mass is 135 g/mol. The van der Waals surface area contributed by atoms with E-state index in [0.29, 0.717) is 5.28 Å². The Hall–Kier alpha value is 0.292. The summed E-state index contributed by atoms with van der Waals surface area (Å²) < 4.78 is 0. The molecule has 2 nitrogen and oxygen atoms in total. The first-order valence-electron chi connectivity index (χ1n) is 2.07. The molecule has 7 heavy (non-hydrogen) atoms. The fraction of sp³-hybridized carbons (Fsp3) is 0.667. The highest BCUT2D eigenvalue weighted by molar-refractivity contribution is 6.95. The Morgan fingerprint density at radius 2 is 2.57 bits per heavy atom. The number of carbonyl (C=O) groups is 1. The zero-order chi connectivity index (χ0) is 5.70. The van der Waals surface area contributed by atoms with Gasteiger partial charge in [0.05, 0.1) is 0 Å². The fourth-order valence-electron chi connectivity index (χ4n) is 0.211. The zero-order valence-electron chi connectivity index (χ0n) is 4.20. The Morgan fingerprint density at radius 1 is 2.00 bits per heavy atom. The van der Waals surface area contributed by atoms with Crippen molar-refractivity contribution in [2.24, 2.45) is 0 Å². The number of halogens is 1. The zero-order valence-corrected chi connectivity index (χ0v) is 6.37. The van der Waals surface area contributed by atoms with Crippen molar-refractivity contribution in [1.29, 1.82) is 0 Å². The lowest BCUT2D eigenvalue weighted by Gasteiger charge is -1.89. The number of carbonyl (C=O) groups excluding carboxylic acids is 1. The smallest absolute Gasteiger partial charge is 0.360 e. The van der Waals surface area contributed by atoms with Crippen molar-refractivity contribution in [1.82, 2.24) is 5.32 Å². The van der Waals surface area contributed by atoms with Crippen LogP contribution in [0.3, 0.4) is 0 Å². The summed E-state index contributed by atoms with van der Waals surface area (Å²) in [6, 6.07) is 0. The average Bonchev–Trinajstić information content (AvgIpc) is 1.68. The normalized spacial score (nSPS) is 7.71. The van der Waals surface area contributed by atoms with Crippen LogP contribution in [-0.4, -0.2) is 27.3 Å². The topological polar surface area (TPSA) is 29.1 Å². The molecule has 0 aromatic rings. The molecule has 1 N–H and O–H groups in total. The molecule has 0 fully saturated rings. The van der Waals surface area contributed by atoms with Gasteiger partial charge in [-0.15, -0.1) is 0 Å². The van der Waals surface area contributed by atoms with E-state index in [1.807, 2.05) is 0 Å². The highest BCUT2D eigenvalue weighted by Crippen LogP contribution is 1.79. The molecule has 0 aromatic carbocycles. The molecule has 0 unspecified atom stereocenters. The van der Waals surface area contributed by atoms with Gasteiger partial charge in [0.2, 0.25) is 5.91 Å². The van der Waals surface area contributed by atoms with E-state index in [1.54, 1.807) is 7.05 Å². The molecule has 0 radical (unpaired) electrons. The van der Waals surface area contributed by atoms with Gasteiger partial charge >= 0.3 is 14.3 Å². The Bertz CT molecular complexity index is 68.0. The predicted octanol–water partition coefficient (Wildman–Crippen LogP) is -0.259. The van der Waals surface area contributed by atoms with Gasteiger partial charge in [0.15, 0.2) is 0 Å². The molecule has 0 spiro atoms. The van der Waals surface area contributed by atoms with Crippen LogP contribution >= 0.6 is 10.0 Å². The van der Waals surface area contributed by atoms with Crippen molar-refractivity contribution in [3.05, 3.63) is 0 Å². The highest BCUT2D eigenvalue weighted by atomic mass is 35.6. The molecule has 0 aliphatic carbocycles. The molecule has 0 rings (SSSR count). The molecule has 0 aliphatic heterocycles. The number of rotatable bonds is 2. The first-order valence-corrected chi connectivity index (χ1v) is 5.21. The van der Waals surface area contributed by atoms with Crippen molar-refractivity contribution in [2.75, 3.05) is 7.05 Å². The fourth-order valence-corrected chi connectivity index (χ4v) is 1.15. The number of hydrogen-bond donors (Lipinski definition) is 1. The molecule has 0 bridgehead atoms. The van der Waals surface area contributed by atoms with Gasteiger partial charge in [0.1, 0.15) is 0 Å². The van der Waals surface area contributed by atoms with Crippen LogP contribution in [0.15, 0.2) is 0 Å². The third-order valence-electron chi connectivity index (χ3n) is 0.600. The van der Waals surface area contributed by atoms with E-state index >= 15 is 0 Å². The number of amides is 1. The largest absolute Gasteiger partial charge is 0.386 e. The Balaban J connectivity index is 3.00. The highest BCUT2D eigenvalue weighted by Gasteiger charge is 1.95. The minimum Gasteiger partial charge on any atom is -0.360 e. The number of hydrogen-bond acceptors (Lipinski definition) is 1. The minimum atomic E-state index is -0.584. The molecular formula is C3H7AlClNO. The van der Waals surface area contributed by atoms with Gasteiger partial charge in [-0.25, -0.2) is 0 Å². The lowest BCUT2D eigenvalue weighted by atomic mass is 10.7. The SMILES string of the molecule is CNC(=O)[CH2][AlH][Cl]. The summed E-state index contributed by atoms with van der Waals surface area (Å²) >= 11 is -0.584. The van der Waals surface area contributed by atoms with Crippen molar-refractivity contribution >= 4 is 30.3 Å². The van der Waals surface area contributed by atoms with Crippen molar-refractivity contribution in [2.45, 2.75) is 5.28 Å². The molecule has 0 heterocycles. The van der Waals surface area contributed by atoms with Gasteiger partial charge in [-0.1, -0.05) is 0 Å². The van der Waals surface area contributed by atoms with Crippen molar-refractivity contribution in [3.63, 3.8) is 0 Å². The van der Waals surface area contributed by atoms with Gasteiger partial charge in [0, 0.05) is 7.05 Å². The lowest BCUT2D eigenvalue weighted by Crippen LogP contribution is -2.17. The lowest BCUT2D eigenvalue weighted by molar-refractivity contribution is -0.118. The Kier molecular flexibility index (Phi) is 4.64. The van der Waals surface area contributed by atoms with E-state index in [1.165, 1.54) is 0 Å². The first-order chi connectivity index (χ1) is 3.31. The van der Waals surface area contributed by atoms with Crippen LogP contribution < -0.4 is 5.32 Å². The van der Waals surface area contributed by atoms with Gasteiger partial charge in [-0.05, 0) is 5.28 Å². The van der Waals surface area contributed by atoms with E-state index in [2.05, 4.69) is 5.32 Å². The quantitative estimate of drug-likeness (QED) is 0.520. The second-order valence-corrected chi connectivity index (χ2v) is 3.12. The maximum atomic E-state index is 10.3. The first kappa shape index (κ1) is 7.29. The molecule has 0 saturated carbocycles. The van der Waals surface area contributed by atoms with Gasteiger partial charge in [0.25, 0.3) is 0 Å². The molecule has 4 heteroatoms. The predicted molar refractivity (Wildman–Crippen MR) is 31.9 cm³/mol. The summed E-state index contributed by atoms with van der Waals surface area (Å²) in [5.41, 5.74) is 0. The summed E-state index contributed by atoms with van der Waals surface area (Å²) in [5, 5.41) is 3.03. The summed E-state index contributed by atoms with van der Waals surface area (Å²) in [6.45, 7) is 0. The van der Waals surface area contributed by atoms with Crippen LogP contribution in [0.25, 0.3) is 0 Å². The van der Waals surface area contributed by atoms with E-state index in [9.17, 15) is 4.79 Å². The Labute approximate surface area is 53.1 Å². The van der Waals surface area contributed by atoms with Crippen LogP contribution in [0.5, 0.6) is 0 Å². The van der Waals surface area contributed by atoms with E-state index in [-0.39, 0.29) is 5.91 Å². The van der Waals surface area contributed by atoms with Crippen LogP contribution in [0, 0.1) is 0 Å². The van der Waals surface area contributed by atoms with Crippen molar-refractivity contribution in [3.8, 4) is 0 Å². The molecule has 1 amide bonds. The third kappa shape index (κ3) is 4.14. The molecule has 0 aromatic heterocycles. The van der Waals surface area contributed by atoms with Crippen LogP contribution in [-0.2, 0) is 4.79 Å². The van der Waals surface area contributed by atoms with Crippen molar-refractivity contribution < 1.29 is 4.79 Å². The summed E-state index contributed by atoms with van der Waals surface area (Å²) in [6.07, 6.45) is 0. The van der Waals surface area contributed by atoms with Crippen LogP contribution in [0.4, 0.5) is 0 Å². The molecule has 0 saturated heterocycles. The molecule has 40 valence electrons. The third-order valence-corrected chi connectivity index (χ3v) is 1.81. The molecular weight excluding hydrogens is 128 g/mol. The number of nitrogens with one attached hydrogen (secondary N) is 1. The maximum absolute atomic E-state index is 10.3. The molecule has 0 aliphatic rings. The second-order valence-electron chi connectivity index (χ2n) is 1.11. The second kappa shape index (κ2) is 4.45. The standard InChI is InChI=1S/C3H6NO.Al.ClH.H/c1-3(5)4-2;;;/h1H2,2H3,(H,4,5);;1H;/q;+1;;/p-1. The summed E-state index contributed by atoms with van der Waals surface area (Å²) in [5.74, 6) is 0.0571. The van der Waals surface area contributed by atoms with Gasteiger partial charge < -0.3 is 5.32 Å². The van der Waals surface area contributed by atoms with E-state index < -0.39 is 14.3 Å². The molecule has 0 atom stereocenters. The minimum absolute atomic E-state index is 0.0571.